The minimum atomic E-state index is 0.0828. The Morgan fingerprint density at radius 3 is 2.46 bits per heavy atom. The van der Waals surface area contributed by atoms with Gasteiger partial charge in [-0.25, -0.2) is 0 Å². The first-order valence-corrected chi connectivity index (χ1v) is 4.93. The normalized spacial score (nSPS) is 30.7. The van der Waals surface area contributed by atoms with Crippen molar-refractivity contribution < 1.29 is 4.74 Å². The fourth-order valence-corrected chi connectivity index (χ4v) is 1.81. The summed E-state index contributed by atoms with van der Waals surface area (Å²) in [4.78, 5) is 0. The lowest BCUT2D eigenvalue weighted by atomic mass is 9.81. The molecule has 3 atom stereocenters. The first-order chi connectivity index (χ1) is 6.02. The van der Waals surface area contributed by atoms with Gasteiger partial charge in [-0.2, -0.15) is 0 Å². The second-order valence-corrected chi connectivity index (χ2v) is 4.37. The van der Waals surface area contributed by atoms with Crippen LogP contribution in [0.25, 0.3) is 0 Å². The molecule has 1 aliphatic heterocycles. The van der Waals surface area contributed by atoms with Gasteiger partial charge >= 0.3 is 0 Å². The molecule has 0 radical (unpaired) electrons. The fourth-order valence-electron chi connectivity index (χ4n) is 1.81. The topological polar surface area (TPSA) is 12.5 Å². The van der Waals surface area contributed by atoms with Crippen LogP contribution in [-0.2, 0) is 4.74 Å². The van der Waals surface area contributed by atoms with Crippen molar-refractivity contribution in [3.63, 3.8) is 0 Å². The van der Waals surface area contributed by atoms with Gasteiger partial charge in [0.2, 0.25) is 0 Å². The van der Waals surface area contributed by atoms with Crippen LogP contribution in [0, 0.1) is 11.8 Å². The van der Waals surface area contributed by atoms with Gasteiger partial charge in [-0.3, -0.25) is 0 Å². The Hall–Kier alpha value is -0.560. The van der Waals surface area contributed by atoms with E-state index in [1.54, 1.807) is 0 Å². The molecule has 1 aliphatic rings. The minimum absolute atomic E-state index is 0.0828. The molecule has 74 valence electrons. The van der Waals surface area contributed by atoms with E-state index in [2.05, 4.69) is 33.9 Å². The zero-order valence-corrected chi connectivity index (χ0v) is 8.97. The molecule has 0 saturated carbocycles. The Kier molecular flexibility index (Phi) is 2.97. The van der Waals surface area contributed by atoms with Crippen LogP contribution in [0.15, 0.2) is 24.8 Å². The summed E-state index contributed by atoms with van der Waals surface area (Å²) < 4.78 is 5.58. The molecule has 13 heavy (non-hydrogen) atoms. The number of ether oxygens (including phenoxy) is 1. The highest BCUT2D eigenvalue weighted by Crippen LogP contribution is 2.43. The second kappa shape index (κ2) is 3.67. The van der Waals surface area contributed by atoms with Gasteiger partial charge in [-0.1, -0.05) is 25.5 Å². The van der Waals surface area contributed by atoms with Gasteiger partial charge in [0, 0.05) is 0 Å². The molecule has 1 saturated heterocycles. The molecule has 0 spiro atoms. The molecule has 0 N–H and O–H groups in total. The SMILES string of the molecule is C=C[C@@H](C)[C@@H](C)[C@@]1(CC(=C)C)CO1. The quantitative estimate of drug-likeness (QED) is 0.467. The van der Waals surface area contributed by atoms with Gasteiger partial charge in [0.05, 0.1) is 12.2 Å². The zero-order valence-electron chi connectivity index (χ0n) is 8.97. The summed E-state index contributed by atoms with van der Waals surface area (Å²) in [6.45, 7) is 15.2. The number of epoxide rings is 1. The Balaban J connectivity index is 2.59. The summed E-state index contributed by atoms with van der Waals surface area (Å²) in [6.07, 6.45) is 3.00. The van der Waals surface area contributed by atoms with E-state index < -0.39 is 0 Å². The van der Waals surface area contributed by atoms with Crippen molar-refractivity contribution in [3.8, 4) is 0 Å². The molecule has 1 rings (SSSR count). The Morgan fingerprint density at radius 2 is 2.15 bits per heavy atom. The summed E-state index contributed by atoms with van der Waals surface area (Å²) in [5.41, 5.74) is 1.29. The van der Waals surface area contributed by atoms with E-state index in [0.29, 0.717) is 11.8 Å². The monoisotopic (exact) mass is 180 g/mol. The van der Waals surface area contributed by atoms with Crippen LogP contribution in [0.4, 0.5) is 0 Å². The van der Waals surface area contributed by atoms with Crippen LogP contribution in [-0.4, -0.2) is 12.2 Å². The summed E-state index contributed by atoms with van der Waals surface area (Å²) >= 11 is 0. The minimum Gasteiger partial charge on any atom is -0.369 e. The van der Waals surface area contributed by atoms with Crippen LogP contribution in [0.3, 0.4) is 0 Å². The molecule has 1 heterocycles. The third-order valence-corrected chi connectivity index (χ3v) is 3.11. The molecule has 0 amide bonds. The van der Waals surface area contributed by atoms with Crippen LogP contribution < -0.4 is 0 Å². The maximum atomic E-state index is 5.58. The molecule has 0 aliphatic carbocycles. The first-order valence-electron chi connectivity index (χ1n) is 4.93. The predicted molar refractivity (Wildman–Crippen MR) is 56.6 cm³/mol. The van der Waals surface area contributed by atoms with Gasteiger partial charge in [-0.05, 0) is 25.2 Å². The summed E-state index contributed by atoms with van der Waals surface area (Å²) in [5, 5.41) is 0. The first kappa shape index (κ1) is 10.5. The van der Waals surface area contributed by atoms with Gasteiger partial charge in [0.25, 0.3) is 0 Å². The van der Waals surface area contributed by atoms with Gasteiger partial charge in [0.1, 0.15) is 0 Å². The van der Waals surface area contributed by atoms with Crippen LogP contribution in [0.1, 0.15) is 27.2 Å². The van der Waals surface area contributed by atoms with E-state index in [4.69, 9.17) is 4.74 Å². The largest absolute Gasteiger partial charge is 0.369 e. The summed E-state index contributed by atoms with van der Waals surface area (Å²) in [7, 11) is 0. The maximum absolute atomic E-state index is 5.58. The summed E-state index contributed by atoms with van der Waals surface area (Å²) in [5.74, 6) is 1.06. The van der Waals surface area contributed by atoms with Crippen molar-refractivity contribution >= 4 is 0 Å². The molecule has 1 fully saturated rings. The molecule has 1 heteroatoms. The molecule has 1 nitrogen and oxygen atoms in total. The third-order valence-electron chi connectivity index (χ3n) is 3.11. The highest BCUT2D eigenvalue weighted by Gasteiger charge is 2.50. The van der Waals surface area contributed by atoms with Crippen molar-refractivity contribution in [2.24, 2.45) is 11.8 Å². The molecular weight excluding hydrogens is 160 g/mol. The molecular formula is C12H20O. The predicted octanol–water partition coefficient (Wildman–Crippen LogP) is 3.18. The molecule has 0 bridgehead atoms. The van der Waals surface area contributed by atoms with Crippen LogP contribution in [0.2, 0.25) is 0 Å². The number of rotatable bonds is 5. The molecule has 0 unspecified atom stereocenters. The molecule has 0 aromatic carbocycles. The van der Waals surface area contributed by atoms with Crippen molar-refractivity contribution in [1.29, 1.82) is 0 Å². The van der Waals surface area contributed by atoms with Crippen molar-refractivity contribution in [1.82, 2.24) is 0 Å². The lowest BCUT2D eigenvalue weighted by Crippen LogP contribution is -2.26. The lowest BCUT2D eigenvalue weighted by Gasteiger charge is -2.24. The smallest absolute Gasteiger partial charge is 0.0983 e. The Labute approximate surface area is 81.5 Å². The van der Waals surface area contributed by atoms with E-state index >= 15 is 0 Å². The van der Waals surface area contributed by atoms with Crippen LogP contribution in [0.5, 0.6) is 0 Å². The average molecular weight is 180 g/mol. The molecule has 0 aromatic heterocycles. The third kappa shape index (κ3) is 2.22. The highest BCUT2D eigenvalue weighted by atomic mass is 16.6. The van der Waals surface area contributed by atoms with Gasteiger partial charge in [-0.15, -0.1) is 13.2 Å². The van der Waals surface area contributed by atoms with Crippen molar-refractivity contribution in [2.75, 3.05) is 6.61 Å². The number of hydrogen-bond acceptors (Lipinski definition) is 1. The van der Waals surface area contributed by atoms with Crippen LogP contribution >= 0.6 is 0 Å². The van der Waals surface area contributed by atoms with E-state index in [1.807, 2.05) is 6.08 Å². The maximum Gasteiger partial charge on any atom is 0.0983 e. The fraction of sp³-hybridized carbons (Fsp3) is 0.667. The van der Waals surface area contributed by atoms with Crippen molar-refractivity contribution in [3.05, 3.63) is 24.8 Å². The second-order valence-electron chi connectivity index (χ2n) is 4.37. The Morgan fingerprint density at radius 1 is 1.62 bits per heavy atom. The van der Waals surface area contributed by atoms with E-state index in [1.165, 1.54) is 5.57 Å². The molecule has 0 aromatic rings. The average Bonchev–Trinajstić information content (AvgIpc) is 2.82. The van der Waals surface area contributed by atoms with E-state index in [9.17, 15) is 0 Å². The summed E-state index contributed by atoms with van der Waals surface area (Å²) in [6, 6.07) is 0. The van der Waals surface area contributed by atoms with Gasteiger partial charge < -0.3 is 4.74 Å². The highest BCUT2D eigenvalue weighted by molar-refractivity contribution is 5.09. The van der Waals surface area contributed by atoms with E-state index in [-0.39, 0.29) is 5.60 Å². The lowest BCUT2D eigenvalue weighted by molar-refractivity contribution is 0.197. The zero-order chi connectivity index (χ0) is 10.1. The number of hydrogen-bond donors (Lipinski definition) is 0. The van der Waals surface area contributed by atoms with Gasteiger partial charge in [0.15, 0.2) is 0 Å². The Bertz CT molecular complexity index is 213. The van der Waals surface area contributed by atoms with E-state index in [0.717, 1.165) is 13.0 Å². The standard InChI is InChI=1S/C12H20O/c1-6-10(4)11(5)12(8-13-12)7-9(2)3/h6,10-11H,1-2,7-8H2,3-5H3/t10-,11-,12-/m1/s1. The van der Waals surface area contributed by atoms with Crippen molar-refractivity contribution in [2.45, 2.75) is 32.8 Å². The number of allylic oxidation sites excluding steroid dienone is 1.